The average molecular weight is 468 g/mol. The smallest absolute Gasteiger partial charge is 0.320 e. The molecular weight excluding hydrogens is 442 g/mol. The minimum Gasteiger partial charge on any atom is -0.493 e. The van der Waals surface area contributed by atoms with E-state index in [1.54, 1.807) is 18.9 Å². The predicted octanol–water partition coefficient (Wildman–Crippen LogP) is 4.64. The molecule has 2 rings (SSSR count). The first-order valence-electron chi connectivity index (χ1n) is 8.95. The number of hydrogen-bond donors (Lipinski definition) is 2. The van der Waals surface area contributed by atoms with Gasteiger partial charge in [0.15, 0.2) is 11.5 Å². The highest BCUT2D eigenvalue weighted by atomic mass is 79.9. The summed E-state index contributed by atoms with van der Waals surface area (Å²) in [5.41, 5.74) is 3.06. The summed E-state index contributed by atoms with van der Waals surface area (Å²) < 4.78 is 12.4. The Morgan fingerprint density at radius 3 is 2.75 bits per heavy atom. The number of ether oxygens (including phenoxy) is 2. The summed E-state index contributed by atoms with van der Waals surface area (Å²) >= 11 is 5.19. The van der Waals surface area contributed by atoms with Crippen LogP contribution < -0.4 is 14.8 Å². The number of rotatable bonds is 11. The number of methoxy groups -OCH3 is 1. The first kappa shape index (κ1) is 22.6. The maximum absolute atomic E-state index is 11.5. The molecule has 2 aromatic rings. The van der Waals surface area contributed by atoms with Crippen LogP contribution in [0.5, 0.6) is 11.5 Å². The van der Waals surface area contributed by atoms with Gasteiger partial charge in [0, 0.05) is 16.6 Å². The van der Waals surface area contributed by atoms with Crippen molar-refractivity contribution in [3.8, 4) is 11.5 Å². The minimum atomic E-state index is -0.852. The van der Waals surface area contributed by atoms with Crippen LogP contribution in [0, 0.1) is 6.92 Å². The Balaban J connectivity index is 2.21. The molecule has 0 amide bonds. The molecule has 2 aromatic carbocycles. The number of carboxylic acids is 1. The molecule has 2 N–H and O–H groups in total. The molecule has 1 unspecified atom stereocenters. The lowest BCUT2D eigenvalue weighted by Crippen LogP contribution is -2.36. The molecule has 152 valence electrons. The summed E-state index contributed by atoms with van der Waals surface area (Å²) in [6.07, 6.45) is 2.52. The van der Waals surface area contributed by atoms with E-state index >= 15 is 0 Å². The lowest BCUT2D eigenvalue weighted by atomic mass is 10.1. The summed E-state index contributed by atoms with van der Waals surface area (Å²) in [6.45, 7) is 2.79. The fourth-order valence-corrected chi connectivity index (χ4v) is 3.72. The molecule has 0 saturated heterocycles. The molecular formula is C21H26BrNO4S. The van der Waals surface area contributed by atoms with Crippen molar-refractivity contribution in [3.05, 3.63) is 57.6 Å². The zero-order valence-electron chi connectivity index (χ0n) is 16.3. The number of aryl methyl sites for hydroxylation is 1. The molecule has 0 radical (unpaired) electrons. The van der Waals surface area contributed by atoms with E-state index in [9.17, 15) is 9.90 Å². The van der Waals surface area contributed by atoms with Gasteiger partial charge in [0.25, 0.3) is 0 Å². The van der Waals surface area contributed by atoms with Crippen molar-refractivity contribution in [3.63, 3.8) is 0 Å². The summed E-state index contributed by atoms with van der Waals surface area (Å²) in [5.74, 6) is 1.15. The summed E-state index contributed by atoms with van der Waals surface area (Å²) in [7, 11) is 1.60. The van der Waals surface area contributed by atoms with Crippen LogP contribution >= 0.6 is 27.7 Å². The van der Waals surface area contributed by atoms with Gasteiger partial charge >= 0.3 is 5.97 Å². The number of benzene rings is 2. The SMILES string of the molecule is COc1ccc(Br)c(CNC(CCSC)C(=O)O)c1OCc1cccc(C)c1. The second-order valence-electron chi connectivity index (χ2n) is 6.39. The van der Waals surface area contributed by atoms with Crippen LogP contribution in [-0.2, 0) is 17.9 Å². The largest absolute Gasteiger partial charge is 0.493 e. The highest BCUT2D eigenvalue weighted by molar-refractivity contribution is 9.10. The molecule has 0 heterocycles. The highest BCUT2D eigenvalue weighted by Gasteiger charge is 2.20. The van der Waals surface area contributed by atoms with E-state index < -0.39 is 12.0 Å². The molecule has 0 fully saturated rings. The van der Waals surface area contributed by atoms with E-state index in [-0.39, 0.29) is 0 Å². The van der Waals surface area contributed by atoms with Gasteiger partial charge in [0.1, 0.15) is 12.6 Å². The van der Waals surface area contributed by atoms with E-state index in [1.807, 2.05) is 43.5 Å². The fourth-order valence-electron chi connectivity index (χ4n) is 2.80. The van der Waals surface area contributed by atoms with E-state index in [1.165, 1.54) is 5.56 Å². The molecule has 0 bridgehead atoms. The van der Waals surface area contributed by atoms with Crippen LogP contribution in [-0.4, -0.2) is 36.2 Å². The summed E-state index contributed by atoms with van der Waals surface area (Å²) in [4.78, 5) is 11.5. The summed E-state index contributed by atoms with van der Waals surface area (Å²) in [5, 5.41) is 12.6. The zero-order chi connectivity index (χ0) is 20.5. The maximum Gasteiger partial charge on any atom is 0.320 e. The van der Waals surface area contributed by atoms with Crippen molar-refractivity contribution >= 4 is 33.7 Å². The summed E-state index contributed by atoms with van der Waals surface area (Å²) in [6, 6.07) is 11.2. The minimum absolute atomic E-state index is 0.353. The topological polar surface area (TPSA) is 67.8 Å². The molecule has 0 spiro atoms. The number of nitrogens with one attached hydrogen (secondary N) is 1. The van der Waals surface area contributed by atoms with Gasteiger partial charge in [0.2, 0.25) is 0 Å². The number of thioether (sulfide) groups is 1. The zero-order valence-corrected chi connectivity index (χ0v) is 18.7. The quantitative estimate of drug-likeness (QED) is 0.501. The Hall–Kier alpha value is -1.70. The third-order valence-electron chi connectivity index (χ3n) is 4.29. The van der Waals surface area contributed by atoms with E-state index in [2.05, 4.69) is 27.3 Å². The standard InChI is InChI=1S/C21H26BrNO4S/c1-14-5-4-6-15(11-14)13-27-20-16(17(22)7-8-19(20)26-2)12-23-18(21(24)25)9-10-28-3/h4-8,11,18,23H,9-10,12-13H2,1-3H3,(H,24,25). The van der Waals surface area contributed by atoms with Crippen molar-refractivity contribution in [1.29, 1.82) is 0 Å². The highest BCUT2D eigenvalue weighted by Crippen LogP contribution is 2.37. The Morgan fingerprint density at radius 1 is 1.32 bits per heavy atom. The van der Waals surface area contributed by atoms with Gasteiger partial charge in [-0.05, 0) is 43.0 Å². The van der Waals surface area contributed by atoms with E-state index in [0.717, 1.165) is 21.4 Å². The first-order valence-corrected chi connectivity index (χ1v) is 11.1. The fraction of sp³-hybridized carbons (Fsp3) is 0.381. The molecule has 0 aliphatic carbocycles. The molecule has 0 aliphatic rings. The van der Waals surface area contributed by atoms with Gasteiger partial charge in [-0.15, -0.1) is 0 Å². The van der Waals surface area contributed by atoms with Crippen molar-refractivity contribution < 1.29 is 19.4 Å². The second-order valence-corrected chi connectivity index (χ2v) is 8.23. The third-order valence-corrected chi connectivity index (χ3v) is 5.67. The van der Waals surface area contributed by atoms with Crippen LogP contribution in [0.15, 0.2) is 40.9 Å². The Labute approximate surface area is 178 Å². The van der Waals surface area contributed by atoms with Gasteiger partial charge in [-0.25, -0.2) is 0 Å². The lowest BCUT2D eigenvalue weighted by Gasteiger charge is -2.19. The van der Waals surface area contributed by atoms with Gasteiger partial charge in [-0.1, -0.05) is 45.8 Å². The molecule has 0 aliphatic heterocycles. The van der Waals surface area contributed by atoms with Crippen LogP contribution in [0.2, 0.25) is 0 Å². The molecule has 1 atom stereocenters. The predicted molar refractivity (Wildman–Crippen MR) is 117 cm³/mol. The number of hydrogen-bond acceptors (Lipinski definition) is 5. The molecule has 7 heteroatoms. The third kappa shape index (κ3) is 6.43. The number of halogens is 1. The number of carboxylic acid groups (broad SMARTS) is 1. The van der Waals surface area contributed by atoms with Crippen molar-refractivity contribution in [2.75, 3.05) is 19.1 Å². The van der Waals surface area contributed by atoms with Gasteiger partial charge in [-0.2, -0.15) is 11.8 Å². The van der Waals surface area contributed by atoms with Crippen LogP contribution in [0.25, 0.3) is 0 Å². The van der Waals surface area contributed by atoms with E-state index in [0.29, 0.717) is 31.1 Å². The van der Waals surface area contributed by atoms with Crippen LogP contribution in [0.1, 0.15) is 23.1 Å². The van der Waals surface area contributed by atoms with Crippen molar-refractivity contribution in [1.82, 2.24) is 5.32 Å². The average Bonchev–Trinajstić information content (AvgIpc) is 2.67. The molecule has 0 aromatic heterocycles. The monoisotopic (exact) mass is 467 g/mol. The molecule has 5 nitrogen and oxygen atoms in total. The number of carbonyl (C=O) groups is 1. The normalized spacial score (nSPS) is 11.9. The lowest BCUT2D eigenvalue weighted by molar-refractivity contribution is -0.139. The maximum atomic E-state index is 11.5. The van der Waals surface area contributed by atoms with E-state index in [4.69, 9.17) is 9.47 Å². The number of aliphatic carboxylic acids is 1. The Bertz CT molecular complexity index is 800. The molecule has 0 saturated carbocycles. The molecule has 28 heavy (non-hydrogen) atoms. The van der Waals surface area contributed by atoms with Crippen molar-refractivity contribution in [2.24, 2.45) is 0 Å². The second kappa shape index (κ2) is 11.3. The Kier molecular flexibility index (Phi) is 9.15. The van der Waals surface area contributed by atoms with Crippen LogP contribution in [0.4, 0.5) is 0 Å². The van der Waals surface area contributed by atoms with Crippen molar-refractivity contribution in [2.45, 2.75) is 32.5 Å². The van der Waals surface area contributed by atoms with Gasteiger partial charge in [0.05, 0.1) is 7.11 Å². The Morgan fingerprint density at radius 2 is 2.11 bits per heavy atom. The van der Waals surface area contributed by atoms with Crippen LogP contribution in [0.3, 0.4) is 0 Å². The van der Waals surface area contributed by atoms with Gasteiger partial charge in [-0.3, -0.25) is 4.79 Å². The van der Waals surface area contributed by atoms with Gasteiger partial charge < -0.3 is 19.9 Å². The first-order chi connectivity index (χ1) is 13.5.